The number of aliphatic hydroxyl groups is 1. The van der Waals surface area contributed by atoms with E-state index in [1.165, 1.54) is 24.3 Å². The van der Waals surface area contributed by atoms with Crippen molar-refractivity contribution >= 4 is 45.9 Å². The molecular weight excluding hydrogens is 601 g/mol. The van der Waals surface area contributed by atoms with Crippen LogP contribution in [-0.2, 0) is 15.8 Å². The molecule has 8 nitrogen and oxygen atoms in total. The predicted molar refractivity (Wildman–Crippen MR) is 157 cm³/mol. The molecule has 2 atom stereocenters. The van der Waals surface area contributed by atoms with Gasteiger partial charge in [-0.1, -0.05) is 23.2 Å². The Morgan fingerprint density at radius 3 is 2.60 bits per heavy atom. The molecular formula is C31H26Cl2F2N4O4. The lowest BCUT2D eigenvalue weighted by Gasteiger charge is -2.30. The van der Waals surface area contributed by atoms with E-state index in [-0.39, 0.29) is 52.9 Å². The van der Waals surface area contributed by atoms with Crippen LogP contribution in [0.15, 0.2) is 42.6 Å². The zero-order valence-corrected chi connectivity index (χ0v) is 24.6. The minimum Gasteiger partial charge on any atom is -0.489 e. The number of hydrogen-bond donors (Lipinski definition) is 3. The fourth-order valence-corrected chi connectivity index (χ4v) is 5.89. The monoisotopic (exact) mass is 626 g/mol. The number of carbonyl (C=O) groups is 2. The summed E-state index contributed by atoms with van der Waals surface area (Å²) in [7, 11) is 0. The second-order valence-corrected chi connectivity index (χ2v) is 12.2. The molecule has 2 amide bonds. The van der Waals surface area contributed by atoms with E-state index in [4.69, 9.17) is 33.7 Å². The number of fused-ring (bicyclic) bond motifs is 2. The molecule has 2 aromatic carbocycles. The summed E-state index contributed by atoms with van der Waals surface area (Å²) in [5.74, 6) is -4.02. The number of nitrogens with two attached hydrogens (primary N) is 1. The number of nitrogens with one attached hydrogen (secondary N) is 1. The van der Waals surface area contributed by atoms with Gasteiger partial charge < -0.3 is 20.9 Å². The van der Waals surface area contributed by atoms with Crippen molar-refractivity contribution in [3.63, 3.8) is 0 Å². The maximum absolute atomic E-state index is 15.2. The number of benzene rings is 2. The first-order valence-corrected chi connectivity index (χ1v) is 14.3. The maximum atomic E-state index is 15.2. The topological polar surface area (TPSA) is 127 Å². The van der Waals surface area contributed by atoms with Crippen molar-refractivity contribution in [2.45, 2.75) is 37.7 Å². The molecule has 3 heterocycles. The van der Waals surface area contributed by atoms with E-state index >= 15 is 4.39 Å². The van der Waals surface area contributed by atoms with E-state index in [2.05, 4.69) is 15.3 Å². The van der Waals surface area contributed by atoms with Crippen LogP contribution < -0.4 is 15.8 Å². The van der Waals surface area contributed by atoms with Gasteiger partial charge in [-0.25, -0.2) is 13.8 Å². The molecule has 2 aromatic heterocycles. The van der Waals surface area contributed by atoms with Crippen molar-refractivity contribution in [1.29, 1.82) is 0 Å². The van der Waals surface area contributed by atoms with Gasteiger partial charge in [-0.05, 0) is 74.6 Å². The highest BCUT2D eigenvalue weighted by Crippen LogP contribution is 2.50. The van der Waals surface area contributed by atoms with E-state index in [0.717, 1.165) is 5.56 Å². The van der Waals surface area contributed by atoms with Gasteiger partial charge in [0.25, 0.3) is 5.91 Å². The van der Waals surface area contributed by atoms with Crippen molar-refractivity contribution in [3.8, 4) is 17.0 Å². The van der Waals surface area contributed by atoms with Crippen LogP contribution in [0.25, 0.3) is 22.2 Å². The molecule has 4 N–H and O–H groups in total. The number of amides is 2. The van der Waals surface area contributed by atoms with Crippen LogP contribution in [0.2, 0.25) is 10.0 Å². The van der Waals surface area contributed by atoms with Crippen molar-refractivity contribution in [2.75, 3.05) is 13.2 Å². The molecule has 222 valence electrons. The molecule has 1 saturated carbocycles. The summed E-state index contributed by atoms with van der Waals surface area (Å²) >= 11 is 12.2. The molecule has 4 aromatic rings. The normalized spacial score (nSPS) is 19.0. The molecule has 0 spiro atoms. The van der Waals surface area contributed by atoms with E-state index in [1.807, 2.05) is 13.0 Å². The Hall–Kier alpha value is -3.86. The summed E-state index contributed by atoms with van der Waals surface area (Å²) in [6, 6.07) is 8.93. The van der Waals surface area contributed by atoms with Gasteiger partial charge in [0, 0.05) is 28.3 Å². The summed E-state index contributed by atoms with van der Waals surface area (Å²) in [4.78, 5) is 34.8. The number of rotatable bonds is 7. The summed E-state index contributed by atoms with van der Waals surface area (Å²) < 4.78 is 35.5. The first-order valence-electron chi connectivity index (χ1n) is 13.5. The van der Waals surface area contributed by atoms with Gasteiger partial charge in [0.05, 0.1) is 27.8 Å². The number of primary amides is 1. The predicted octanol–water partition coefficient (Wildman–Crippen LogP) is 5.35. The van der Waals surface area contributed by atoms with Crippen molar-refractivity contribution in [2.24, 2.45) is 11.7 Å². The molecule has 6 rings (SSSR count). The number of halogens is 4. The van der Waals surface area contributed by atoms with Crippen LogP contribution >= 0.6 is 23.2 Å². The largest absolute Gasteiger partial charge is 0.489 e. The zero-order valence-electron chi connectivity index (χ0n) is 23.1. The SMILES string of the molecule is Cc1cnc2c(Cl)cc(C(=O)NCC(O)(c3cc4c(c(-c5ccc(Cl)c(F)c5F)n3)OC[C@]4(C)C(N)=O)C3CC3)cc2c1. The Morgan fingerprint density at radius 1 is 1.16 bits per heavy atom. The highest BCUT2D eigenvalue weighted by Gasteiger charge is 2.50. The van der Waals surface area contributed by atoms with Gasteiger partial charge in [-0.2, -0.15) is 0 Å². The molecule has 1 unspecified atom stereocenters. The van der Waals surface area contributed by atoms with Gasteiger partial charge in [-0.3, -0.25) is 14.6 Å². The maximum Gasteiger partial charge on any atom is 0.251 e. The highest BCUT2D eigenvalue weighted by atomic mass is 35.5. The molecule has 12 heteroatoms. The van der Waals surface area contributed by atoms with Crippen LogP contribution in [0.3, 0.4) is 0 Å². The second kappa shape index (κ2) is 10.4. The van der Waals surface area contributed by atoms with Crippen molar-refractivity contribution in [1.82, 2.24) is 15.3 Å². The average Bonchev–Trinajstić information content (AvgIpc) is 3.77. The molecule has 1 aliphatic heterocycles. The van der Waals surface area contributed by atoms with Crippen LogP contribution in [-0.4, -0.2) is 40.0 Å². The van der Waals surface area contributed by atoms with Gasteiger partial charge in [0.1, 0.15) is 29.1 Å². The molecule has 0 radical (unpaired) electrons. The van der Waals surface area contributed by atoms with Gasteiger partial charge in [0.15, 0.2) is 11.6 Å². The molecule has 0 bridgehead atoms. The van der Waals surface area contributed by atoms with Crippen LogP contribution in [0.4, 0.5) is 8.78 Å². The van der Waals surface area contributed by atoms with E-state index in [0.29, 0.717) is 28.8 Å². The fraction of sp³-hybridized carbons (Fsp3) is 0.290. The highest BCUT2D eigenvalue weighted by molar-refractivity contribution is 6.35. The lowest BCUT2D eigenvalue weighted by molar-refractivity contribution is -0.123. The van der Waals surface area contributed by atoms with Gasteiger partial charge in [-0.15, -0.1) is 0 Å². The van der Waals surface area contributed by atoms with Gasteiger partial charge in [0.2, 0.25) is 5.91 Å². The molecule has 1 aliphatic carbocycles. The zero-order chi connectivity index (χ0) is 30.8. The van der Waals surface area contributed by atoms with Crippen LogP contribution in [0, 0.1) is 24.5 Å². The first kappa shape index (κ1) is 29.2. The Bertz CT molecular complexity index is 1850. The number of hydrogen-bond acceptors (Lipinski definition) is 6. The van der Waals surface area contributed by atoms with Crippen molar-refractivity contribution in [3.05, 3.63) is 86.7 Å². The number of nitrogens with zero attached hydrogens (tertiary/aromatic N) is 2. The molecule has 0 saturated heterocycles. The number of aromatic nitrogens is 2. The van der Waals surface area contributed by atoms with Crippen LogP contribution in [0.5, 0.6) is 5.75 Å². The third kappa shape index (κ3) is 4.87. The van der Waals surface area contributed by atoms with Gasteiger partial charge >= 0.3 is 0 Å². The summed E-state index contributed by atoms with van der Waals surface area (Å²) in [6.45, 7) is 3.00. The lowest BCUT2D eigenvalue weighted by atomic mass is 9.81. The standard InChI is InChI=1S/C31H26Cl2F2N4O4/c1-14-7-15-8-16(9-21(33)25(15)37-11-14)28(40)38-12-31(42,17-3-4-17)22-10-19-27(43-13-30(19,2)29(36)41)26(39-22)18-5-6-20(32)24(35)23(18)34/h5-11,17,42H,3-4,12-13H2,1-2H3,(H2,36,41)(H,38,40)/t30-,31?/m0/s1. The van der Waals surface area contributed by atoms with Crippen LogP contribution in [0.1, 0.15) is 46.9 Å². The quantitative estimate of drug-likeness (QED) is 0.237. The van der Waals surface area contributed by atoms with E-state index in [9.17, 15) is 19.1 Å². The van der Waals surface area contributed by atoms with E-state index < -0.39 is 39.5 Å². The summed E-state index contributed by atoms with van der Waals surface area (Å²) in [5.41, 5.74) is 4.29. The number of carbonyl (C=O) groups excluding carboxylic acids is 2. The number of aryl methyl sites for hydroxylation is 1. The molecule has 43 heavy (non-hydrogen) atoms. The Labute approximate surface area is 255 Å². The summed E-state index contributed by atoms with van der Waals surface area (Å²) in [6.07, 6.45) is 2.93. The Balaban J connectivity index is 1.42. The lowest BCUT2D eigenvalue weighted by Crippen LogP contribution is -2.44. The molecule has 2 aliphatic rings. The van der Waals surface area contributed by atoms with Crippen molar-refractivity contribution < 1.29 is 28.2 Å². The Morgan fingerprint density at radius 2 is 1.91 bits per heavy atom. The smallest absolute Gasteiger partial charge is 0.251 e. The minimum atomic E-state index is -1.74. The summed E-state index contributed by atoms with van der Waals surface area (Å²) in [5, 5.41) is 15.4. The fourth-order valence-electron chi connectivity index (χ4n) is 5.47. The third-order valence-electron chi connectivity index (χ3n) is 8.26. The third-order valence-corrected chi connectivity index (χ3v) is 8.84. The molecule has 1 fully saturated rings. The van der Waals surface area contributed by atoms with E-state index in [1.54, 1.807) is 19.2 Å². The minimum absolute atomic E-state index is 0.0440. The number of pyridine rings is 2. The average molecular weight is 627 g/mol. The number of ether oxygens (including phenoxy) is 1. The first-order chi connectivity index (χ1) is 20.3. The Kier molecular flexibility index (Phi) is 7.06. The second-order valence-electron chi connectivity index (χ2n) is 11.4.